The van der Waals surface area contributed by atoms with Crippen LogP contribution in [0, 0.1) is 0 Å². The van der Waals surface area contributed by atoms with E-state index in [-0.39, 0.29) is 0 Å². The van der Waals surface area contributed by atoms with E-state index in [0.717, 1.165) is 25.1 Å². The molecule has 1 N–H and O–H groups in total. The van der Waals surface area contributed by atoms with Crippen molar-refractivity contribution in [1.82, 2.24) is 15.3 Å². The fraction of sp³-hybridized carbons (Fsp3) is 0.538. The standard InChI is InChI=1S/C13H19N3O/c1-3-9-17-13-12(15-7-8-16-13)11-5-4-6-14-10(11)2/h5,7-8,10,14H,3-4,6,9H2,1-2H3. The first kappa shape index (κ1) is 12.0. The van der Waals surface area contributed by atoms with E-state index in [2.05, 4.69) is 35.2 Å². The smallest absolute Gasteiger partial charge is 0.240 e. The predicted molar refractivity (Wildman–Crippen MR) is 67.9 cm³/mol. The molecule has 0 aromatic carbocycles. The van der Waals surface area contributed by atoms with Gasteiger partial charge in [-0.1, -0.05) is 13.0 Å². The van der Waals surface area contributed by atoms with Gasteiger partial charge in [0.15, 0.2) is 0 Å². The van der Waals surface area contributed by atoms with Gasteiger partial charge < -0.3 is 10.1 Å². The first-order valence-electron chi connectivity index (χ1n) is 6.20. The van der Waals surface area contributed by atoms with Crippen molar-refractivity contribution in [2.45, 2.75) is 32.7 Å². The minimum absolute atomic E-state index is 0.310. The van der Waals surface area contributed by atoms with Crippen LogP contribution in [0.15, 0.2) is 18.5 Å². The lowest BCUT2D eigenvalue weighted by Gasteiger charge is -2.22. The van der Waals surface area contributed by atoms with Crippen LogP contribution in [0.25, 0.3) is 5.57 Å². The SMILES string of the molecule is CCCOc1nccnc1C1=CCCNC1C. The van der Waals surface area contributed by atoms with E-state index < -0.39 is 0 Å². The van der Waals surface area contributed by atoms with Crippen LogP contribution in [-0.4, -0.2) is 29.2 Å². The normalized spacial score (nSPS) is 19.9. The molecule has 1 aliphatic rings. The average Bonchev–Trinajstić information content (AvgIpc) is 2.37. The Kier molecular flexibility index (Phi) is 4.09. The number of hydrogen-bond donors (Lipinski definition) is 1. The predicted octanol–water partition coefficient (Wildman–Crippen LogP) is 2.03. The highest BCUT2D eigenvalue weighted by atomic mass is 16.5. The second-order valence-electron chi connectivity index (χ2n) is 4.18. The van der Waals surface area contributed by atoms with E-state index in [1.54, 1.807) is 12.4 Å². The fourth-order valence-electron chi connectivity index (χ4n) is 1.94. The lowest BCUT2D eigenvalue weighted by molar-refractivity contribution is 0.302. The van der Waals surface area contributed by atoms with E-state index >= 15 is 0 Å². The lowest BCUT2D eigenvalue weighted by Crippen LogP contribution is -2.31. The van der Waals surface area contributed by atoms with Crippen LogP contribution in [-0.2, 0) is 0 Å². The van der Waals surface area contributed by atoms with Crippen LogP contribution in [0.2, 0.25) is 0 Å². The van der Waals surface area contributed by atoms with Gasteiger partial charge in [0.05, 0.1) is 6.61 Å². The van der Waals surface area contributed by atoms with Crippen molar-refractivity contribution in [2.75, 3.05) is 13.2 Å². The van der Waals surface area contributed by atoms with Gasteiger partial charge >= 0.3 is 0 Å². The van der Waals surface area contributed by atoms with Crippen molar-refractivity contribution in [1.29, 1.82) is 0 Å². The largest absolute Gasteiger partial charge is 0.476 e. The maximum atomic E-state index is 5.65. The van der Waals surface area contributed by atoms with E-state index in [1.165, 1.54) is 5.57 Å². The first-order valence-corrected chi connectivity index (χ1v) is 6.20. The molecule has 17 heavy (non-hydrogen) atoms. The zero-order chi connectivity index (χ0) is 12.1. The van der Waals surface area contributed by atoms with E-state index in [4.69, 9.17) is 4.74 Å². The zero-order valence-electron chi connectivity index (χ0n) is 10.4. The van der Waals surface area contributed by atoms with Gasteiger partial charge in [0.25, 0.3) is 0 Å². The van der Waals surface area contributed by atoms with Crippen molar-refractivity contribution in [3.8, 4) is 5.88 Å². The minimum atomic E-state index is 0.310. The van der Waals surface area contributed by atoms with Gasteiger partial charge in [-0.2, -0.15) is 0 Å². The summed E-state index contributed by atoms with van der Waals surface area (Å²) >= 11 is 0. The maximum absolute atomic E-state index is 5.65. The molecule has 0 spiro atoms. The number of nitrogens with one attached hydrogen (secondary N) is 1. The average molecular weight is 233 g/mol. The van der Waals surface area contributed by atoms with E-state index in [0.29, 0.717) is 18.5 Å². The van der Waals surface area contributed by atoms with Crippen LogP contribution in [0.4, 0.5) is 0 Å². The van der Waals surface area contributed by atoms with Gasteiger partial charge in [-0.05, 0) is 31.9 Å². The molecule has 0 fully saturated rings. The molecule has 0 aliphatic carbocycles. The molecule has 1 aliphatic heterocycles. The van der Waals surface area contributed by atoms with Crippen LogP contribution in [0.5, 0.6) is 5.88 Å². The molecule has 2 rings (SSSR count). The molecule has 1 atom stereocenters. The molecule has 4 heteroatoms. The number of rotatable bonds is 4. The molecule has 0 saturated carbocycles. The minimum Gasteiger partial charge on any atom is -0.476 e. The Hall–Kier alpha value is -1.42. The third-order valence-corrected chi connectivity index (χ3v) is 2.81. The van der Waals surface area contributed by atoms with Crippen molar-refractivity contribution >= 4 is 5.57 Å². The summed E-state index contributed by atoms with van der Waals surface area (Å²) in [4.78, 5) is 8.68. The molecule has 2 heterocycles. The third-order valence-electron chi connectivity index (χ3n) is 2.81. The van der Waals surface area contributed by atoms with Crippen molar-refractivity contribution in [2.24, 2.45) is 0 Å². The molecule has 0 bridgehead atoms. The van der Waals surface area contributed by atoms with Crippen LogP contribution in [0.1, 0.15) is 32.4 Å². The van der Waals surface area contributed by atoms with E-state index in [9.17, 15) is 0 Å². The molecule has 4 nitrogen and oxygen atoms in total. The summed E-state index contributed by atoms with van der Waals surface area (Å²) in [6.45, 7) is 5.93. The van der Waals surface area contributed by atoms with Gasteiger partial charge in [0.2, 0.25) is 5.88 Å². The molecule has 92 valence electrons. The Balaban J connectivity index is 2.27. The van der Waals surface area contributed by atoms with Crippen molar-refractivity contribution in [3.63, 3.8) is 0 Å². The fourth-order valence-corrected chi connectivity index (χ4v) is 1.94. The quantitative estimate of drug-likeness (QED) is 0.864. The maximum Gasteiger partial charge on any atom is 0.240 e. The number of ether oxygens (including phenoxy) is 1. The summed E-state index contributed by atoms with van der Waals surface area (Å²) in [5, 5.41) is 3.42. The van der Waals surface area contributed by atoms with Crippen LogP contribution < -0.4 is 10.1 Å². The van der Waals surface area contributed by atoms with Crippen LogP contribution >= 0.6 is 0 Å². The summed E-state index contributed by atoms with van der Waals surface area (Å²) in [7, 11) is 0. The second-order valence-corrected chi connectivity index (χ2v) is 4.18. The topological polar surface area (TPSA) is 47.0 Å². The molecule has 0 amide bonds. The Morgan fingerprint density at radius 3 is 3.00 bits per heavy atom. The number of nitrogens with zero attached hydrogens (tertiary/aromatic N) is 2. The van der Waals surface area contributed by atoms with Gasteiger partial charge in [-0.3, -0.25) is 0 Å². The lowest BCUT2D eigenvalue weighted by atomic mass is 10.0. The number of aromatic nitrogens is 2. The zero-order valence-corrected chi connectivity index (χ0v) is 10.4. The first-order chi connectivity index (χ1) is 8.33. The van der Waals surface area contributed by atoms with Crippen LogP contribution in [0.3, 0.4) is 0 Å². The highest BCUT2D eigenvalue weighted by Gasteiger charge is 2.19. The van der Waals surface area contributed by atoms with Gasteiger partial charge in [0, 0.05) is 18.4 Å². The molecule has 1 unspecified atom stereocenters. The van der Waals surface area contributed by atoms with Gasteiger partial charge in [-0.25, -0.2) is 9.97 Å². The molecule has 0 radical (unpaired) electrons. The molecular weight excluding hydrogens is 214 g/mol. The van der Waals surface area contributed by atoms with Crippen molar-refractivity contribution in [3.05, 3.63) is 24.2 Å². The van der Waals surface area contributed by atoms with E-state index in [1.807, 2.05) is 0 Å². The summed E-state index contributed by atoms with van der Waals surface area (Å²) in [5.41, 5.74) is 2.07. The van der Waals surface area contributed by atoms with Crippen molar-refractivity contribution < 1.29 is 4.74 Å². The summed E-state index contributed by atoms with van der Waals surface area (Å²) in [6.07, 6.45) is 7.63. The molecule has 1 aromatic heterocycles. The number of hydrogen-bond acceptors (Lipinski definition) is 4. The Labute approximate surface area is 102 Å². The highest BCUT2D eigenvalue weighted by molar-refractivity contribution is 5.70. The monoisotopic (exact) mass is 233 g/mol. The molecular formula is C13H19N3O. The summed E-state index contributed by atoms with van der Waals surface area (Å²) in [5.74, 6) is 0.649. The molecule has 0 saturated heterocycles. The Morgan fingerprint density at radius 1 is 1.41 bits per heavy atom. The third kappa shape index (κ3) is 2.82. The summed E-state index contributed by atoms with van der Waals surface area (Å²) < 4.78 is 5.65. The highest BCUT2D eigenvalue weighted by Crippen LogP contribution is 2.26. The van der Waals surface area contributed by atoms with Gasteiger partial charge in [0.1, 0.15) is 5.69 Å². The Bertz CT molecular complexity index is 403. The Morgan fingerprint density at radius 2 is 2.24 bits per heavy atom. The van der Waals surface area contributed by atoms with Gasteiger partial charge in [-0.15, -0.1) is 0 Å². The molecule has 1 aromatic rings. The second kappa shape index (κ2) is 5.77. The summed E-state index contributed by atoms with van der Waals surface area (Å²) in [6, 6.07) is 0.310.